The number of nitrogens with zero attached hydrogens (tertiary/aromatic N) is 2. The van der Waals surface area contributed by atoms with Crippen LogP contribution in [0.25, 0.3) is 11.3 Å². The highest BCUT2D eigenvalue weighted by Gasteiger charge is 2.10. The van der Waals surface area contributed by atoms with E-state index < -0.39 is 0 Å². The van der Waals surface area contributed by atoms with Crippen LogP contribution in [0.1, 0.15) is 24.5 Å². The molecule has 0 aliphatic rings. The summed E-state index contributed by atoms with van der Waals surface area (Å²) in [5.74, 6) is 0.732. The average Bonchev–Trinajstić information content (AvgIpc) is 2.87. The molecule has 1 aromatic carbocycles. The Bertz CT molecular complexity index is 554. The SMILES string of the molecule is CCCNCc1cnoc1-c1cccc(C#N)c1. The lowest BCUT2D eigenvalue weighted by atomic mass is 10.1. The Labute approximate surface area is 106 Å². The van der Waals surface area contributed by atoms with Crippen molar-refractivity contribution in [3.63, 3.8) is 0 Å². The summed E-state index contributed by atoms with van der Waals surface area (Å²) in [5, 5.41) is 16.0. The highest BCUT2D eigenvalue weighted by Crippen LogP contribution is 2.24. The lowest BCUT2D eigenvalue weighted by Crippen LogP contribution is -2.13. The molecule has 2 aromatic rings. The van der Waals surface area contributed by atoms with Gasteiger partial charge in [-0.2, -0.15) is 5.26 Å². The van der Waals surface area contributed by atoms with E-state index in [9.17, 15) is 0 Å². The average molecular weight is 241 g/mol. The lowest BCUT2D eigenvalue weighted by molar-refractivity contribution is 0.431. The molecule has 18 heavy (non-hydrogen) atoms. The summed E-state index contributed by atoms with van der Waals surface area (Å²) in [4.78, 5) is 0. The summed E-state index contributed by atoms with van der Waals surface area (Å²) in [6.45, 7) is 3.81. The molecule has 0 saturated carbocycles. The fraction of sp³-hybridized carbons (Fsp3) is 0.286. The molecule has 0 saturated heterocycles. The van der Waals surface area contributed by atoms with Crippen LogP contribution >= 0.6 is 0 Å². The maximum absolute atomic E-state index is 8.89. The summed E-state index contributed by atoms with van der Waals surface area (Å²) in [7, 11) is 0. The summed E-state index contributed by atoms with van der Waals surface area (Å²) >= 11 is 0. The van der Waals surface area contributed by atoms with Crippen molar-refractivity contribution in [2.24, 2.45) is 0 Å². The number of aromatic nitrogens is 1. The minimum absolute atomic E-state index is 0.622. The summed E-state index contributed by atoms with van der Waals surface area (Å²) in [5.41, 5.74) is 2.52. The van der Waals surface area contributed by atoms with Crippen molar-refractivity contribution in [2.45, 2.75) is 19.9 Å². The Kier molecular flexibility index (Phi) is 4.11. The van der Waals surface area contributed by atoms with Gasteiger partial charge in [0.25, 0.3) is 0 Å². The molecule has 0 amide bonds. The zero-order valence-electron chi connectivity index (χ0n) is 10.3. The van der Waals surface area contributed by atoms with Gasteiger partial charge in [0.1, 0.15) is 0 Å². The van der Waals surface area contributed by atoms with E-state index in [4.69, 9.17) is 9.78 Å². The Balaban J connectivity index is 2.22. The van der Waals surface area contributed by atoms with Crippen LogP contribution in [-0.2, 0) is 6.54 Å². The smallest absolute Gasteiger partial charge is 0.171 e. The first kappa shape index (κ1) is 12.3. The highest BCUT2D eigenvalue weighted by molar-refractivity contribution is 5.62. The predicted octanol–water partition coefficient (Wildman–Crippen LogP) is 2.71. The molecule has 1 heterocycles. The highest BCUT2D eigenvalue weighted by atomic mass is 16.5. The zero-order chi connectivity index (χ0) is 12.8. The first-order chi connectivity index (χ1) is 8.85. The van der Waals surface area contributed by atoms with Crippen LogP contribution in [0, 0.1) is 11.3 Å². The third-order valence-corrected chi connectivity index (χ3v) is 2.64. The summed E-state index contributed by atoms with van der Waals surface area (Å²) in [6, 6.07) is 9.47. The molecule has 0 aliphatic heterocycles. The Hall–Kier alpha value is -2.12. The standard InChI is InChI=1S/C14H15N3O/c1-2-6-16-9-13-10-17-18-14(13)12-5-3-4-11(7-12)8-15/h3-5,7,10,16H,2,6,9H2,1H3. The molecule has 4 nitrogen and oxygen atoms in total. The normalized spacial score (nSPS) is 10.2. The van der Waals surface area contributed by atoms with E-state index in [0.717, 1.165) is 36.4 Å². The van der Waals surface area contributed by atoms with Gasteiger partial charge < -0.3 is 9.84 Å². The van der Waals surface area contributed by atoms with Crippen LogP contribution in [0.4, 0.5) is 0 Å². The van der Waals surface area contributed by atoms with Gasteiger partial charge in [-0.05, 0) is 25.1 Å². The molecule has 0 bridgehead atoms. The quantitative estimate of drug-likeness (QED) is 0.817. The molecular formula is C14H15N3O. The third-order valence-electron chi connectivity index (χ3n) is 2.64. The van der Waals surface area contributed by atoms with Crippen LogP contribution in [0.2, 0.25) is 0 Å². The van der Waals surface area contributed by atoms with Gasteiger partial charge >= 0.3 is 0 Å². The number of hydrogen-bond acceptors (Lipinski definition) is 4. The van der Waals surface area contributed by atoms with Crippen LogP contribution < -0.4 is 5.32 Å². The zero-order valence-corrected chi connectivity index (χ0v) is 10.3. The molecule has 0 aliphatic carbocycles. The van der Waals surface area contributed by atoms with Crippen LogP contribution in [-0.4, -0.2) is 11.7 Å². The fourth-order valence-electron chi connectivity index (χ4n) is 1.75. The monoisotopic (exact) mass is 241 g/mol. The van der Waals surface area contributed by atoms with Gasteiger partial charge in [0.05, 0.1) is 17.8 Å². The molecule has 2 rings (SSSR count). The molecule has 1 aromatic heterocycles. The third kappa shape index (κ3) is 2.76. The second kappa shape index (κ2) is 5.99. The van der Waals surface area contributed by atoms with Gasteiger partial charge in [0.15, 0.2) is 5.76 Å². The van der Waals surface area contributed by atoms with Crippen molar-refractivity contribution < 1.29 is 4.52 Å². The maximum atomic E-state index is 8.89. The molecule has 0 unspecified atom stereocenters. The summed E-state index contributed by atoms with van der Waals surface area (Å²) in [6.07, 6.45) is 2.81. The molecule has 0 atom stereocenters. The van der Waals surface area contributed by atoms with E-state index in [0.29, 0.717) is 5.56 Å². The largest absolute Gasteiger partial charge is 0.356 e. The van der Waals surface area contributed by atoms with E-state index >= 15 is 0 Å². The molecular weight excluding hydrogens is 226 g/mol. The van der Waals surface area contributed by atoms with Crippen LogP contribution in [0.15, 0.2) is 35.0 Å². The van der Waals surface area contributed by atoms with Gasteiger partial charge in [0.2, 0.25) is 0 Å². The van der Waals surface area contributed by atoms with Crippen LogP contribution in [0.5, 0.6) is 0 Å². The number of hydrogen-bond donors (Lipinski definition) is 1. The second-order valence-electron chi connectivity index (χ2n) is 4.05. The topological polar surface area (TPSA) is 61.9 Å². The molecule has 0 fully saturated rings. The maximum Gasteiger partial charge on any atom is 0.171 e. The van der Waals surface area contributed by atoms with E-state index in [1.54, 1.807) is 12.3 Å². The van der Waals surface area contributed by atoms with Crippen molar-refractivity contribution in [2.75, 3.05) is 6.54 Å². The molecule has 92 valence electrons. The minimum Gasteiger partial charge on any atom is -0.356 e. The fourth-order valence-corrected chi connectivity index (χ4v) is 1.75. The molecule has 0 radical (unpaired) electrons. The minimum atomic E-state index is 0.622. The Morgan fingerprint density at radius 2 is 2.33 bits per heavy atom. The van der Waals surface area contributed by atoms with Gasteiger partial charge in [-0.3, -0.25) is 0 Å². The van der Waals surface area contributed by atoms with Gasteiger partial charge in [-0.15, -0.1) is 0 Å². The summed E-state index contributed by atoms with van der Waals surface area (Å²) < 4.78 is 5.28. The Morgan fingerprint density at radius 1 is 1.44 bits per heavy atom. The van der Waals surface area contributed by atoms with E-state index in [-0.39, 0.29) is 0 Å². The first-order valence-electron chi connectivity index (χ1n) is 6.00. The van der Waals surface area contributed by atoms with Crippen molar-refractivity contribution in [3.05, 3.63) is 41.6 Å². The first-order valence-corrected chi connectivity index (χ1v) is 6.00. The number of rotatable bonds is 5. The van der Waals surface area contributed by atoms with Crippen molar-refractivity contribution in [3.8, 4) is 17.4 Å². The predicted molar refractivity (Wildman–Crippen MR) is 68.7 cm³/mol. The Morgan fingerprint density at radius 3 is 3.11 bits per heavy atom. The van der Waals surface area contributed by atoms with Gasteiger partial charge in [-0.1, -0.05) is 24.2 Å². The van der Waals surface area contributed by atoms with E-state index in [2.05, 4.69) is 23.5 Å². The van der Waals surface area contributed by atoms with Crippen molar-refractivity contribution >= 4 is 0 Å². The van der Waals surface area contributed by atoms with Crippen molar-refractivity contribution in [1.82, 2.24) is 10.5 Å². The molecule has 0 spiro atoms. The molecule has 1 N–H and O–H groups in total. The van der Waals surface area contributed by atoms with E-state index in [1.165, 1.54) is 0 Å². The van der Waals surface area contributed by atoms with Crippen molar-refractivity contribution in [1.29, 1.82) is 5.26 Å². The lowest BCUT2D eigenvalue weighted by Gasteiger charge is -2.03. The number of nitrogens with one attached hydrogen (secondary N) is 1. The van der Waals surface area contributed by atoms with E-state index in [1.807, 2.05) is 18.2 Å². The van der Waals surface area contributed by atoms with Crippen LogP contribution in [0.3, 0.4) is 0 Å². The van der Waals surface area contributed by atoms with Gasteiger partial charge in [0, 0.05) is 17.7 Å². The number of nitriles is 1. The second-order valence-corrected chi connectivity index (χ2v) is 4.05. The van der Waals surface area contributed by atoms with Gasteiger partial charge in [-0.25, -0.2) is 0 Å². The molecule has 4 heteroatoms. The number of benzene rings is 1.